The highest BCUT2D eigenvalue weighted by molar-refractivity contribution is 7.18. The van der Waals surface area contributed by atoms with Crippen LogP contribution in [0.5, 0.6) is 0 Å². The van der Waals surface area contributed by atoms with Crippen molar-refractivity contribution in [2.75, 3.05) is 0 Å². The molecule has 4 nitrogen and oxygen atoms in total. The Morgan fingerprint density at radius 2 is 2.33 bits per heavy atom. The number of nitrogens with zero attached hydrogens (tertiary/aromatic N) is 2. The van der Waals surface area contributed by atoms with Crippen molar-refractivity contribution in [1.29, 1.82) is 0 Å². The van der Waals surface area contributed by atoms with E-state index >= 15 is 0 Å². The Labute approximate surface area is 125 Å². The van der Waals surface area contributed by atoms with Gasteiger partial charge in [-0.25, -0.2) is 4.98 Å². The summed E-state index contributed by atoms with van der Waals surface area (Å²) in [5.74, 6) is 1.30. The number of aromatic nitrogens is 3. The standard InChI is InChI=1S/C16H15N3OS/c1-9-4-5-11-12(7-9)21-16-13(11)15(20)18-14(19-16)10-3-2-6-17-8-10/h2-3,6,8-9H,4-5,7H2,1H3,(H,18,19,20)/t9-/m0/s1. The molecule has 3 aromatic rings. The van der Waals surface area contributed by atoms with E-state index in [1.807, 2.05) is 12.1 Å². The van der Waals surface area contributed by atoms with Crippen LogP contribution in [0.25, 0.3) is 21.6 Å². The smallest absolute Gasteiger partial charge is 0.260 e. The predicted molar refractivity (Wildman–Crippen MR) is 84.7 cm³/mol. The summed E-state index contributed by atoms with van der Waals surface area (Å²) in [5, 5.41) is 0.801. The van der Waals surface area contributed by atoms with Gasteiger partial charge in [0.05, 0.1) is 5.39 Å². The van der Waals surface area contributed by atoms with Crippen LogP contribution >= 0.6 is 11.3 Å². The molecule has 0 unspecified atom stereocenters. The lowest BCUT2D eigenvalue weighted by Crippen LogP contribution is -2.13. The number of nitrogens with one attached hydrogen (secondary N) is 1. The molecule has 0 aliphatic heterocycles. The maximum absolute atomic E-state index is 12.5. The average Bonchev–Trinajstić information content (AvgIpc) is 2.85. The lowest BCUT2D eigenvalue weighted by Gasteiger charge is -2.17. The highest BCUT2D eigenvalue weighted by Gasteiger charge is 2.23. The van der Waals surface area contributed by atoms with E-state index in [1.54, 1.807) is 23.7 Å². The van der Waals surface area contributed by atoms with Gasteiger partial charge in [0.2, 0.25) is 0 Å². The van der Waals surface area contributed by atoms with E-state index in [0.29, 0.717) is 11.7 Å². The van der Waals surface area contributed by atoms with Crippen molar-refractivity contribution in [2.24, 2.45) is 5.92 Å². The summed E-state index contributed by atoms with van der Waals surface area (Å²) in [7, 11) is 0. The van der Waals surface area contributed by atoms with Gasteiger partial charge in [-0.1, -0.05) is 6.92 Å². The van der Waals surface area contributed by atoms with Crippen LogP contribution in [-0.4, -0.2) is 15.0 Å². The van der Waals surface area contributed by atoms with Gasteiger partial charge in [0, 0.05) is 22.8 Å². The first kappa shape index (κ1) is 12.7. The first-order chi connectivity index (χ1) is 10.2. The molecule has 3 aromatic heterocycles. The van der Waals surface area contributed by atoms with Crippen molar-refractivity contribution < 1.29 is 0 Å². The zero-order valence-corrected chi connectivity index (χ0v) is 12.5. The van der Waals surface area contributed by atoms with Crippen molar-refractivity contribution in [3.05, 3.63) is 45.3 Å². The summed E-state index contributed by atoms with van der Waals surface area (Å²) in [6.45, 7) is 2.27. The Morgan fingerprint density at radius 3 is 3.14 bits per heavy atom. The van der Waals surface area contributed by atoms with E-state index in [4.69, 9.17) is 0 Å². The first-order valence-corrected chi connectivity index (χ1v) is 7.99. The van der Waals surface area contributed by atoms with Gasteiger partial charge in [-0.15, -0.1) is 11.3 Å². The zero-order valence-electron chi connectivity index (χ0n) is 11.7. The van der Waals surface area contributed by atoms with Gasteiger partial charge in [-0.05, 0) is 42.9 Å². The summed E-state index contributed by atoms with van der Waals surface area (Å²) in [6, 6.07) is 3.76. The molecule has 0 bridgehead atoms. The van der Waals surface area contributed by atoms with Gasteiger partial charge in [0.25, 0.3) is 5.56 Å². The van der Waals surface area contributed by atoms with Crippen LogP contribution in [0.3, 0.4) is 0 Å². The number of hydrogen-bond acceptors (Lipinski definition) is 4. The zero-order chi connectivity index (χ0) is 14.4. The summed E-state index contributed by atoms with van der Waals surface area (Å²) in [6.07, 6.45) is 6.65. The molecule has 0 fully saturated rings. The van der Waals surface area contributed by atoms with Gasteiger partial charge >= 0.3 is 0 Å². The molecule has 0 radical (unpaired) electrons. The van der Waals surface area contributed by atoms with Gasteiger partial charge < -0.3 is 4.98 Å². The van der Waals surface area contributed by atoms with Gasteiger partial charge in [0.1, 0.15) is 10.7 Å². The maximum atomic E-state index is 12.5. The molecule has 1 aliphatic carbocycles. The quantitative estimate of drug-likeness (QED) is 0.750. The van der Waals surface area contributed by atoms with Crippen LogP contribution < -0.4 is 5.56 Å². The average molecular weight is 297 g/mol. The summed E-state index contributed by atoms with van der Waals surface area (Å²) >= 11 is 1.67. The lowest BCUT2D eigenvalue weighted by atomic mass is 9.89. The number of fused-ring (bicyclic) bond motifs is 3. The van der Waals surface area contributed by atoms with Crippen LogP contribution in [0, 0.1) is 5.92 Å². The monoisotopic (exact) mass is 297 g/mol. The highest BCUT2D eigenvalue weighted by Crippen LogP contribution is 2.36. The van der Waals surface area contributed by atoms with Crippen molar-refractivity contribution in [1.82, 2.24) is 15.0 Å². The number of hydrogen-bond donors (Lipinski definition) is 1. The fraction of sp³-hybridized carbons (Fsp3) is 0.312. The number of thiophene rings is 1. The number of aromatic amines is 1. The normalized spacial score (nSPS) is 17.9. The van der Waals surface area contributed by atoms with E-state index in [1.165, 1.54) is 10.4 Å². The molecule has 1 N–H and O–H groups in total. The summed E-state index contributed by atoms with van der Waals surface area (Å²) in [5.41, 5.74) is 2.04. The van der Waals surface area contributed by atoms with E-state index < -0.39 is 0 Å². The topological polar surface area (TPSA) is 58.6 Å². The third kappa shape index (κ3) is 2.08. The minimum atomic E-state index is -0.0223. The molecule has 3 heterocycles. The summed E-state index contributed by atoms with van der Waals surface area (Å²) < 4.78 is 0. The van der Waals surface area contributed by atoms with Gasteiger partial charge in [-0.3, -0.25) is 9.78 Å². The third-order valence-corrected chi connectivity index (χ3v) is 5.25. The fourth-order valence-electron chi connectivity index (χ4n) is 2.99. The van der Waals surface area contributed by atoms with E-state index in [2.05, 4.69) is 21.9 Å². The van der Waals surface area contributed by atoms with Crippen LogP contribution in [0.4, 0.5) is 0 Å². The molecule has 0 spiro atoms. The number of aryl methyl sites for hydroxylation is 1. The van der Waals surface area contributed by atoms with Crippen molar-refractivity contribution in [2.45, 2.75) is 26.2 Å². The van der Waals surface area contributed by atoms with Gasteiger partial charge in [0.15, 0.2) is 0 Å². The number of pyridine rings is 1. The second-order valence-electron chi connectivity index (χ2n) is 5.69. The molecular weight excluding hydrogens is 282 g/mol. The fourth-order valence-corrected chi connectivity index (χ4v) is 4.37. The van der Waals surface area contributed by atoms with Crippen molar-refractivity contribution in [3.63, 3.8) is 0 Å². The third-order valence-electron chi connectivity index (χ3n) is 4.10. The Morgan fingerprint density at radius 1 is 1.43 bits per heavy atom. The predicted octanol–water partition coefficient (Wildman–Crippen LogP) is 3.17. The molecule has 4 rings (SSSR count). The maximum Gasteiger partial charge on any atom is 0.260 e. The Bertz CT molecular complexity index is 866. The molecule has 1 aliphatic rings. The molecule has 5 heteroatoms. The van der Waals surface area contributed by atoms with Gasteiger partial charge in [-0.2, -0.15) is 0 Å². The molecule has 21 heavy (non-hydrogen) atoms. The minimum absolute atomic E-state index is 0.0223. The van der Waals surface area contributed by atoms with Crippen LogP contribution in [0.2, 0.25) is 0 Å². The van der Waals surface area contributed by atoms with E-state index in [-0.39, 0.29) is 5.56 Å². The van der Waals surface area contributed by atoms with E-state index in [9.17, 15) is 4.79 Å². The molecule has 0 saturated carbocycles. The first-order valence-electron chi connectivity index (χ1n) is 7.17. The highest BCUT2D eigenvalue weighted by atomic mass is 32.1. The van der Waals surface area contributed by atoms with Crippen LogP contribution in [0.15, 0.2) is 29.3 Å². The second kappa shape index (κ2) is 4.77. The molecule has 1 atom stereocenters. The molecule has 106 valence electrons. The molecular formula is C16H15N3OS. The Kier molecular flexibility index (Phi) is 2.89. The van der Waals surface area contributed by atoms with Crippen LogP contribution in [-0.2, 0) is 12.8 Å². The second-order valence-corrected chi connectivity index (χ2v) is 6.77. The van der Waals surface area contributed by atoms with Crippen molar-refractivity contribution >= 4 is 21.6 Å². The van der Waals surface area contributed by atoms with Crippen LogP contribution in [0.1, 0.15) is 23.8 Å². The Balaban J connectivity index is 1.94. The minimum Gasteiger partial charge on any atom is -0.306 e. The SMILES string of the molecule is C[C@H]1CCc2c(sc3nc(-c4cccnc4)[nH]c(=O)c23)C1. The largest absolute Gasteiger partial charge is 0.306 e. The summed E-state index contributed by atoms with van der Waals surface area (Å²) in [4.78, 5) is 26.3. The number of H-pyrrole nitrogens is 1. The molecule has 0 amide bonds. The van der Waals surface area contributed by atoms with Crippen molar-refractivity contribution in [3.8, 4) is 11.4 Å². The Hall–Kier alpha value is -2.01. The lowest BCUT2D eigenvalue weighted by molar-refractivity contribution is 0.509. The molecule has 0 aromatic carbocycles. The number of rotatable bonds is 1. The molecule has 0 saturated heterocycles. The van der Waals surface area contributed by atoms with E-state index in [0.717, 1.165) is 35.0 Å².